The maximum atomic E-state index is 13.1. The molecule has 1 aliphatic rings. The molecule has 0 bridgehead atoms. The van der Waals surface area contributed by atoms with E-state index in [9.17, 15) is 14.4 Å². The average Bonchev–Trinajstić information content (AvgIpc) is 3.15. The molecule has 1 fully saturated rings. The van der Waals surface area contributed by atoms with Crippen molar-refractivity contribution in [2.75, 3.05) is 13.7 Å². The van der Waals surface area contributed by atoms with Gasteiger partial charge in [-0.2, -0.15) is 5.26 Å². The number of methoxy groups -OCH3 is 1. The number of amides is 4. The Kier molecular flexibility index (Phi) is 7.39. The Labute approximate surface area is 214 Å². The zero-order valence-corrected chi connectivity index (χ0v) is 20.5. The SMILES string of the molecule is COc1cc(CNC(=O)CN2C(=O)N[C@](C)(c3ccc(C#N)cc3)C2=O)ccc1OCc1ccccc1. The Morgan fingerprint density at radius 1 is 1.03 bits per heavy atom. The van der Waals surface area contributed by atoms with Crippen molar-refractivity contribution >= 4 is 17.8 Å². The molecule has 37 heavy (non-hydrogen) atoms. The number of nitrogens with one attached hydrogen (secondary N) is 2. The lowest BCUT2D eigenvalue weighted by atomic mass is 9.91. The van der Waals surface area contributed by atoms with Crippen LogP contribution < -0.4 is 20.1 Å². The zero-order valence-electron chi connectivity index (χ0n) is 20.5. The lowest BCUT2D eigenvalue weighted by Gasteiger charge is -2.22. The van der Waals surface area contributed by atoms with Gasteiger partial charge in [0.2, 0.25) is 5.91 Å². The van der Waals surface area contributed by atoms with Crippen molar-refractivity contribution in [2.24, 2.45) is 0 Å². The Hall–Kier alpha value is -4.84. The highest BCUT2D eigenvalue weighted by molar-refractivity contribution is 6.09. The minimum atomic E-state index is -1.33. The predicted octanol–water partition coefficient (Wildman–Crippen LogP) is 3.23. The quantitative estimate of drug-likeness (QED) is 0.437. The van der Waals surface area contributed by atoms with E-state index in [4.69, 9.17) is 14.7 Å². The third-order valence-corrected chi connectivity index (χ3v) is 6.12. The normalized spacial score (nSPS) is 16.6. The molecule has 1 atom stereocenters. The maximum Gasteiger partial charge on any atom is 0.325 e. The summed E-state index contributed by atoms with van der Waals surface area (Å²) in [6.45, 7) is 1.71. The summed E-state index contributed by atoms with van der Waals surface area (Å²) in [6.07, 6.45) is 0. The Bertz CT molecular complexity index is 1350. The summed E-state index contributed by atoms with van der Waals surface area (Å²) < 4.78 is 11.3. The van der Waals surface area contributed by atoms with Crippen LogP contribution in [0, 0.1) is 11.3 Å². The number of benzene rings is 3. The molecule has 3 aromatic carbocycles. The summed E-state index contributed by atoms with van der Waals surface area (Å²) in [5.41, 5.74) is 1.42. The number of carbonyl (C=O) groups excluding carboxylic acids is 3. The lowest BCUT2D eigenvalue weighted by molar-refractivity contribution is -0.134. The van der Waals surface area contributed by atoms with Crippen LogP contribution in [0.1, 0.15) is 29.2 Å². The summed E-state index contributed by atoms with van der Waals surface area (Å²) >= 11 is 0. The van der Waals surface area contributed by atoms with E-state index in [2.05, 4.69) is 10.6 Å². The van der Waals surface area contributed by atoms with Crippen LogP contribution in [-0.2, 0) is 28.3 Å². The van der Waals surface area contributed by atoms with Crippen molar-refractivity contribution < 1.29 is 23.9 Å². The monoisotopic (exact) mass is 498 g/mol. The van der Waals surface area contributed by atoms with E-state index in [1.807, 2.05) is 36.4 Å². The molecule has 0 aliphatic carbocycles. The molecule has 4 rings (SSSR count). The van der Waals surface area contributed by atoms with Gasteiger partial charge in [0.25, 0.3) is 5.91 Å². The number of hydrogen-bond donors (Lipinski definition) is 2. The number of nitriles is 1. The van der Waals surface area contributed by atoms with Crippen molar-refractivity contribution in [1.82, 2.24) is 15.5 Å². The number of ether oxygens (including phenoxy) is 2. The number of hydrogen-bond acceptors (Lipinski definition) is 6. The molecule has 1 saturated heterocycles. The fourth-order valence-corrected chi connectivity index (χ4v) is 3.99. The average molecular weight is 499 g/mol. The van der Waals surface area contributed by atoms with Gasteiger partial charge in [0.1, 0.15) is 18.7 Å². The van der Waals surface area contributed by atoms with Crippen molar-refractivity contribution in [3.05, 3.63) is 95.1 Å². The number of nitrogens with zero attached hydrogens (tertiary/aromatic N) is 2. The molecule has 0 saturated carbocycles. The molecule has 9 nitrogen and oxygen atoms in total. The fraction of sp³-hybridized carbons (Fsp3) is 0.214. The number of rotatable bonds is 9. The molecule has 9 heteroatoms. The first-order valence-electron chi connectivity index (χ1n) is 11.6. The summed E-state index contributed by atoms with van der Waals surface area (Å²) in [5.74, 6) is 0.0627. The third kappa shape index (κ3) is 5.54. The molecule has 1 aliphatic heterocycles. The second kappa shape index (κ2) is 10.8. The van der Waals surface area contributed by atoms with E-state index < -0.39 is 29.9 Å². The third-order valence-electron chi connectivity index (χ3n) is 6.12. The standard InChI is InChI=1S/C28H26N4O5/c1-28(22-11-8-19(15-29)9-12-22)26(34)32(27(35)31-28)17-25(33)30-16-21-10-13-23(24(14-21)36-2)37-18-20-6-4-3-5-7-20/h3-14H,16-18H2,1-2H3,(H,30,33)(H,31,35)/t28-/m1/s1. The van der Waals surface area contributed by atoms with Crippen LogP contribution >= 0.6 is 0 Å². The first kappa shape index (κ1) is 25.3. The molecule has 0 radical (unpaired) electrons. The predicted molar refractivity (Wildman–Crippen MR) is 134 cm³/mol. The van der Waals surface area contributed by atoms with Crippen molar-refractivity contribution in [3.8, 4) is 17.6 Å². The van der Waals surface area contributed by atoms with E-state index in [0.717, 1.165) is 16.0 Å². The minimum Gasteiger partial charge on any atom is -0.493 e. The Morgan fingerprint density at radius 2 is 1.76 bits per heavy atom. The topological polar surface area (TPSA) is 121 Å². The number of carbonyl (C=O) groups is 3. The van der Waals surface area contributed by atoms with Crippen LogP contribution in [0.25, 0.3) is 0 Å². The van der Waals surface area contributed by atoms with Crippen molar-refractivity contribution in [2.45, 2.75) is 25.6 Å². The highest BCUT2D eigenvalue weighted by atomic mass is 16.5. The number of urea groups is 1. The van der Waals surface area contributed by atoms with Gasteiger partial charge in [-0.25, -0.2) is 4.79 Å². The summed E-state index contributed by atoms with van der Waals surface area (Å²) in [4.78, 5) is 39.1. The van der Waals surface area contributed by atoms with Gasteiger partial charge < -0.3 is 20.1 Å². The van der Waals surface area contributed by atoms with Gasteiger partial charge in [-0.05, 0) is 47.9 Å². The molecular weight excluding hydrogens is 472 g/mol. The summed E-state index contributed by atoms with van der Waals surface area (Å²) in [6, 6.07) is 22.8. The van der Waals surface area contributed by atoms with Crippen LogP contribution in [0.2, 0.25) is 0 Å². The second-order valence-electron chi connectivity index (χ2n) is 8.67. The van der Waals surface area contributed by atoms with Crippen LogP contribution in [0.3, 0.4) is 0 Å². The van der Waals surface area contributed by atoms with E-state index in [-0.39, 0.29) is 6.54 Å². The van der Waals surface area contributed by atoms with Crippen LogP contribution in [0.5, 0.6) is 11.5 Å². The lowest BCUT2D eigenvalue weighted by Crippen LogP contribution is -2.43. The zero-order chi connectivity index (χ0) is 26.4. The van der Waals surface area contributed by atoms with Gasteiger partial charge in [0.05, 0.1) is 18.7 Å². The molecule has 188 valence electrons. The maximum absolute atomic E-state index is 13.1. The summed E-state index contributed by atoms with van der Waals surface area (Å²) in [5, 5.41) is 14.4. The molecular formula is C28H26N4O5. The van der Waals surface area contributed by atoms with Crippen LogP contribution in [-0.4, -0.2) is 36.4 Å². The van der Waals surface area contributed by atoms with Crippen LogP contribution in [0.4, 0.5) is 4.79 Å². The highest BCUT2D eigenvalue weighted by Crippen LogP contribution is 2.30. The van der Waals surface area contributed by atoms with E-state index in [1.54, 1.807) is 49.4 Å². The molecule has 2 N–H and O–H groups in total. The molecule has 0 unspecified atom stereocenters. The van der Waals surface area contributed by atoms with Crippen LogP contribution in [0.15, 0.2) is 72.8 Å². The smallest absolute Gasteiger partial charge is 0.325 e. The highest BCUT2D eigenvalue weighted by Gasteiger charge is 2.49. The van der Waals surface area contributed by atoms with E-state index in [1.165, 1.54) is 7.11 Å². The Morgan fingerprint density at radius 3 is 2.43 bits per heavy atom. The molecule has 1 heterocycles. The first-order chi connectivity index (χ1) is 17.8. The molecule has 0 spiro atoms. The molecule has 3 aromatic rings. The van der Waals surface area contributed by atoms with Gasteiger partial charge in [0, 0.05) is 6.54 Å². The van der Waals surface area contributed by atoms with Gasteiger partial charge >= 0.3 is 6.03 Å². The van der Waals surface area contributed by atoms with Gasteiger partial charge in [0.15, 0.2) is 11.5 Å². The molecule has 0 aromatic heterocycles. The fourth-order valence-electron chi connectivity index (χ4n) is 3.99. The number of imide groups is 1. The van der Waals surface area contributed by atoms with Gasteiger partial charge in [-0.3, -0.25) is 14.5 Å². The van der Waals surface area contributed by atoms with E-state index >= 15 is 0 Å². The van der Waals surface area contributed by atoms with Gasteiger partial charge in [-0.1, -0.05) is 48.5 Å². The molecule has 4 amide bonds. The Balaban J connectivity index is 1.35. The second-order valence-corrected chi connectivity index (χ2v) is 8.67. The van der Waals surface area contributed by atoms with E-state index in [0.29, 0.717) is 29.2 Å². The van der Waals surface area contributed by atoms with Crippen molar-refractivity contribution in [3.63, 3.8) is 0 Å². The van der Waals surface area contributed by atoms with Crippen molar-refractivity contribution in [1.29, 1.82) is 5.26 Å². The summed E-state index contributed by atoms with van der Waals surface area (Å²) in [7, 11) is 1.54. The van der Waals surface area contributed by atoms with Gasteiger partial charge in [-0.15, -0.1) is 0 Å². The first-order valence-corrected chi connectivity index (χ1v) is 11.6. The minimum absolute atomic E-state index is 0.171. The largest absolute Gasteiger partial charge is 0.493 e.